The minimum absolute atomic E-state index is 0.0670. The number of fused-ring (bicyclic) bond motifs is 1. The summed E-state index contributed by atoms with van der Waals surface area (Å²) in [6.45, 7) is 7.71. The molecule has 0 amide bonds. The van der Waals surface area contributed by atoms with Crippen molar-refractivity contribution in [2.75, 3.05) is 31.7 Å². The van der Waals surface area contributed by atoms with Gasteiger partial charge < -0.3 is 34.7 Å². The first-order valence-corrected chi connectivity index (χ1v) is 11.6. The van der Waals surface area contributed by atoms with Crippen molar-refractivity contribution in [3.63, 3.8) is 0 Å². The van der Waals surface area contributed by atoms with Crippen molar-refractivity contribution in [1.82, 2.24) is 19.5 Å². The van der Waals surface area contributed by atoms with E-state index in [9.17, 15) is 24.2 Å². The Morgan fingerprint density at radius 2 is 1.97 bits per heavy atom. The molecule has 0 aliphatic heterocycles. The Kier molecular flexibility index (Phi) is 13.6. The maximum atomic E-state index is 11.7. The van der Waals surface area contributed by atoms with Gasteiger partial charge in [-0.05, 0) is 6.42 Å². The van der Waals surface area contributed by atoms with Crippen LogP contribution in [-0.2, 0) is 25.2 Å². The largest absolute Gasteiger partial charge is 0.481 e. The molecule has 0 aliphatic rings. The molecule has 2 unspecified atom stereocenters. The minimum Gasteiger partial charge on any atom is -0.481 e. The third-order valence-corrected chi connectivity index (χ3v) is 4.62. The summed E-state index contributed by atoms with van der Waals surface area (Å²) in [6.07, 6.45) is -0.0634. The summed E-state index contributed by atoms with van der Waals surface area (Å²) in [7, 11) is -4.17. The number of nitrogens with zero attached hydrogens (tertiary/aromatic N) is 3. The first-order valence-electron chi connectivity index (χ1n) is 9.83. The van der Waals surface area contributed by atoms with Gasteiger partial charge in [-0.3, -0.25) is 19.1 Å². The van der Waals surface area contributed by atoms with Crippen LogP contribution in [-0.4, -0.2) is 72.7 Å². The zero-order valence-corrected chi connectivity index (χ0v) is 19.0. The van der Waals surface area contributed by atoms with Gasteiger partial charge in [-0.2, -0.15) is 4.98 Å². The van der Waals surface area contributed by atoms with Crippen LogP contribution < -0.4 is 11.3 Å². The molecule has 2 rings (SSSR count). The molecule has 0 fully saturated rings. The second kappa shape index (κ2) is 14.7. The van der Waals surface area contributed by atoms with Crippen LogP contribution in [0.15, 0.2) is 11.1 Å². The lowest BCUT2D eigenvalue weighted by atomic mass is 10.3. The molecule has 0 spiro atoms. The van der Waals surface area contributed by atoms with Crippen molar-refractivity contribution in [2.45, 2.75) is 46.8 Å². The van der Waals surface area contributed by atoms with E-state index in [1.807, 2.05) is 27.7 Å². The molecule has 178 valence electrons. The predicted octanol–water partition coefficient (Wildman–Crippen LogP) is 0.808. The lowest BCUT2D eigenvalue weighted by Crippen LogP contribution is -2.25. The Hall–Kier alpha value is -2.31. The fourth-order valence-electron chi connectivity index (χ4n) is 2.22. The molecule has 2 aromatic rings. The number of rotatable bonds is 11. The van der Waals surface area contributed by atoms with Gasteiger partial charge in [-0.25, -0.2) is 4.98 Å². The number of ether oxygens (including phenoxy) is 1. The van der Waals surface area contributed by atoms with E-state index in [2.05, 4.69) is 19.5 Å². The van der Waals surface area contributed by atoms with Crippen molar-refractivity contribution >= 4 is 30.7 Å². The monoisotopic (exact) mass is 465 g/mol. The number of aliphatic hydroxyl groups is 1. The number of aromatic amines is 1. The van der Waals surface area contributed by atoms with Gasteiger partial charge in [0.1, 0.15) is 6.16 Å². The lowest BCUT2D eigenvalue weighted by Gasteiger charge is -2.16. The molecule has 0 aromatic carbocycles. The van der Waals surface area contributed by atoms with Gasteiger partial charge in [0.25, 0.3) is 5.56 Å². The Balaban J connectivity index is 0.00000212. The summed E-state index contributed by atoms with van der Waals surface area (Å²) in [5.74, 6) is -1.50. The Labute approximate surface area is 179 Å². The molecule has 14 heteroatoms. The first kappa shape index (κ1) is 28.7. The van der Waals surface area contributed by atoms with Gasteiger partial charge in [-0.15, -0.1) is 0 Å². The quantitative estimate of drug-likeness (QED) is 0.232. The first-order chi connectivity index (χ1) is 14.7. The van der Waals surface area contributed by atoms with Crippen LogP contribution in [0.25, 0.3) is 11.2 Å². The molecule has 2 atom stereocenters. The number of imidazole rings is 1. The van der Waals surface area contributed by atoms with Crippen molar-refractivity contribution in [3.05, 3.63) is 16.7 Å². The number of H-pyrrole nitrogens is 1. The fourth-order valence-corrected chi connectivity index (χ4v) is 3.07. The molecular weight excluding hydrogens is 433 g/mol. The third kappa shape index (κ3) is 10.0. The highest BCUT2D eigenvalue weighted by Crippen LogP contribution is 2.41. The number of hydrogen-bond acceptors (Lipinski definition) is 9. The highest BCUT2D eigenvalue weighted by molar-refractivity contribution is 7.53. The number of aromatic nitrogens is 4. The topological polar surface area (TPSA) is 203 Å². The molecule has 0 aliphatic carbocycles. The van der Waals surface area contributed by atoms with Crippen LogP contribution in [0.3, 0.4) is 0 Å². The van der Waals surface area contributed by atoms with Gasteiger partial charge in [0, 0.05) is 6.61 Å². The van der Waals surface area contributed by atoms with Crippen LogP contribution in [0, 0.1) is 0 Å². The van der Waals surface area contributed by atoms with Gasteiger partial charge in [0.05, 0.1) is 32.2 Å². The summed E-state index contributed by atoms with van der Waals surface area (Å²) >= 11 is 0. The normalized spacial score (nSPS) is 13.4. The SMILES string of the molecule is CC.CC.Nc1nc2c(ncn2CC(CO)OCCCOP(=O)(O)CC(=O)O)c(=O)[nH]1. The number of aliphatic hydroxyl groups excluding tert-OH is 1. The predicted molar refractivity (Wildman–Crippen MR) is 115 cm³/mol. The highest BCUT2D eigenvalue weighted by atomic mass is 31.2. The summed E-state index contributed by atoms with van der Waals surface area (Å²) < 4.78 is 23.0. The van der Waals surface area contributed by atoms with E-state index in [4.69, 9.17) is 15.6 Å². The van der Waals surface area contributed by atoms with Crippen LogP contribution >= 0.6 is 7.60 Å². The summed E-state index contributed by atoms with van der Waals surface area (Å²) in [6, 6.07) is 0. The summed E-state index contributed by atoms with van der Waals surface area (Å²) in [5, 5.41) is 17.9. The molecule has 2 heterocycles. The number of aliphatic carboxylic acids is 1. The van der Waals surface area contributed by atoms with Crippen molar-refractivity contribution in [2.24, 2.45) is 0 Å². The van der Waals surface area contributed by atoms with Crippen molar-refractivity contribution < 1.29 is 33.7 Å². The number of hydrogen-bond donors (Lipinski definition) is 5. The minimum atomic E-state index is -4.17. The smallest absolute Gasteiger partial charge is 0.339 e. The average molecular weight is 465 g/mol. The second-order valence-electron chi connectivity index (χ2n) is 5.57. The zero-order chi connectivity index (χ0) is 24.0. The molecule has 13 nitrogen and oxygen atoms in total. The van der Waals surface area contributed by atoms with E-state index in [1.165, 1.54) is 10.9 Å². The van der Waals surface area contributed by atoms with Crippen LogP contribution in [0.1, 0.15) is 34.1 Å². The van der Waals surface area contributed by atoms with E-state index in [-0.39, 0.29) is 49.9 Å². The van der Waals surface area contributed by atoms with Crippen molar-refractivity contribution in [3.8, 4) is 0 Å². The Morgan fingerprint density at radius 3 is 2.55 bits per heavy atom. The van der Waals surface area contributed by atoms with Crippen LogP contribution in [0.2, 0.25) is 0 Å². The summed E-state index contributed by atoms with van der Waals surface area (Å²) in [4.78, 5) is 41.7. The van der Waals surface area contributed by atoms with Gasteiger partial charge >= 0.3 is 13.6 Å². The lowest BCUT2D eigenvalue weighted by molar-refractivity contribution is -0.134. The maximum absolute atomic E-state index is 11.7. The number of anilines is 1. The maximum Gasteiger partial charge on any atom is 0.339 e. The fraction of sp³-hybridized carbons (Fsp3) is 0.647. The molecule has 0 bridgehead atoms. The van der Waals surface area contributed by atoms with Crippen LogP contribution in [0.4, 0.5) is 5.95 Å². The van der Waals surface area contributed by atoms with E-state index in [1.54, 1.807) is 0 Å². The van der Waals surface area contributed by atoms with E-state index in [0.717, 1.165) is 0 Å². The Morgan fingerprint density at radius 1 is 1.32 bits per heavy atom. The number of carboxylic acid groups (broad SMARTS) is 1. The number of carboxylic acids is 1. The van der Waals surface area contributed by atoms with E-state index in [0.29, 0.717) is 0 Å². The molecule has 0 saturated carbocycles. The number of nitrogens with two attached hydrogens (primary N) is 1. The number of nitrogen functional groups attached to an aromatic ring is 1. The zero-order valence-electron chi connectivity index (χ0n) is 18.1. The summed E-state index contributed by atoms with van der Waals surface area (Å²) in [5.41, 5.74) is 5.38. The second-order valence-corrected chi connectivity index (χ2v) is 7.42. The molecular formula is C17H32N5O8P. The highest BCUT2D eigenvalue weighted by Gasteiger charge is 2.23. The molecule has 6 N–H and O–H groups in total. The number of carbonyl (C=O) groups is 1. The van der Waals surface area contributed by atoms with Gasteiger partial charge in [0.15, 0.2) is 11.2 Å². The average Bonchev–Trinajstić information content (AvgIpc) is 3.11. The third-order valence-electron chi connectivity index (χ3n) is 3.37. The Bertz CT molecular complexity index is 900. The molecule has 0 saturated heterocycles. The molecule has 31 heavy (non-hydrogen) atoms. The van der Waals surface area contributed by atoms with E-state index >= 15 is 0 Å². The van der Waals surface area contributed by atoms with Gasteiger partial charge in [0.2, 0.25) is 5.95 Å². The van der Waals surface area contributed by atoms with Crippen molar-refractivity contribution in [1.29, 1.82) is 0 Å². The molecule has 0 radical (unpaired) electrons. The molecule has 2 aromatic heterocycles. The number of nitrogens with one attached hydrogen (secondary N) is 1. The standard InChI is InChI=1S/C13H20N5O8P.2C2H6/c14-13-16-11-10(12(22)17-13)15-7-18(11)4-8(5-19)25-2-1-3-26-27(23,24)6-9(20)21;2*1-2/h7-8,19H,1-6H2,(H,20,21)(H,23,24)(H3,14,16,17,22);2*1-2H3. The van der Waals surface area contributed by atoms with E-state index < -0.39 is 31.4 Å². The van der Waals surface area contributed by atoms with Crippen LogP contribution in [0.5, 0.6) is 0 Å². The van der Waals surface area contributed by atoms with Gasteiger partial charge in [-0.1, -0.05) is 27.7 Å².